The normalized spacial score (nSPS) is 15.5. The minimum atomic E-state index is -0.988. The molecule has 0 bridgehead atoms. The van der Waals surface area contributed by atoms with Gasteiger partial charge in [0.1, 0.15) is 0 Å². The van der Waals surface area contributed by atoms with Crippen molar-refractivity contribution in [2.24, 2.45) is 5.10 Å². The van der Waals surface area contributed by atoms with Gasteiger partial charge in [-0.2, -0.15) is 5.10 Å². The van der Waals surface area contributed by atoms with Crippen LogP contribution in [0.25, 0.3) is 0 Å². The van der Waals surface area contributed by atoms with E-state index in [1.54, 1.807) is 32.4 Å². The minimum absolute atomic E-state index is 0.0995. The number of nitrogens with one attached hydrogen (secondary N) is 1. The van der Waals surface area contributed by atoms with Gasteiger partial charge in [-0.1, -0.05) is 30.8 Å². The van der Waals surface area contributed by atoms with Crippen LogP contribution in [0.5, 0.6) is 11.5 Å². The monoisotopic (exact) mass is 471 g/mol. The van der Waals surface area contributed by atoms with Crippen LogP contribution in [0.4, 0.5) is 10.5 Å². The van der Waals surface area contributed by atoms with E-state index in [-0.39, 0.29) is 17.0 Å². The van der Waals surface area contributed by atoms with Crippen LogP contribution >= 0.6 is 11.8 Å². The summed E-state index contributed by atoms with van der Waals surface area (Å²) in [5.41, 5.74) is 2.74. The predicted molar refractivity (Wildman–Crippen MR) is 126 cm³/mol. The maximum Gasteiger partial charge on any atom is 0.396 e. The van der Waals surface area contributed by atoms with E-state index >= 15 is 0 Å². The lowest BCUT2D eigenvalue weighted by atomic mass is 10.0. The van der Waals surface area contributed by atoms with E-state index in [0.717, 1.165) is 30.4 Å². The molecule has 2 amide bonds. The lowest BCUT2D eigenvalue weighted by molar-refractivity contribution is -0.150. The van der Waals surface area contributed by atoms with Crippen molar-refractivity contribution >= 4 is 40.3 Å². The van der Waals surface area contributed by atoms with Crippen LogP contribution in [0.15, 0.2) is 47.6 Å². The molecule has 10 heteroatoms. The maximum absolute atomic E-state index is 12.8. The Morgan fingerprint density at radius 1 is 1.09 bits per heavy atom. The SMILES string of the molecule is CCC1SC(=O)N(Cc2cccc(NC(=O)C(=O)OC)c2)N=C1c1ccc(OC)c(OC)c1. The third kappa shape index (κ3) is 5.64. The summed E-state index contributed by atoms with van der Waals surface area (Å²) in [6.07, 6.45) is 0.729. The summed E-state index contributed by atoms with van der Waals surface area (Å²) in [6, 6.07) is 12.4. The first-order chi connectivity index (χ1) is 15.9. The zero-order chi connectivity index (χ0) is 24.0. The molecule has 2 aromatic rings. The van der Waals surface area contributed by atoms with E-state index < -0.39 is 11.9 Å². The second-order valence-electron chi connectivity index (χ2n) is 7.04. The van der Waals surface area contributed by atoms with Crippen LogP contribution in [-0.4, -0.2) is 54.4 Å². The number of hydrogen-bond donors (Lipinski definition) is 1. The second-order valence-corrected chi connectivity index (χ2v) is 8.19. The van der Waals surface area contributed by atoms with Crippen molar-refractivity contribution < 1.29 is 28.6 Å². The Labute approximate surface area is 196 Å². The van der Waals surface area contributed by atoms with Gasteiger partial charge >= 0.3 is 17.1 Å². The Balaban J connectivity index is 1.87. The largest absolute Gasteiger partial charge is 0.493 e. The number of ether oxygens (including phenoxy) is 3. The molecular formula is C23H25N3O6S. The van der Waals surface area contributed by atoms with Crippen molar-refractivity contribution in [2.75, 3.05) is 26.6 Å². The first-order valence-corrected chi connectivity index (χ1v) is 11.0. The van der Waals surface area contributed by atoms with E-state index in [1.165, 1.54) is 16.8 Å². The Morgan fingerprint density at radius 3 is 2.52 bits per heavy atom. The summed E-state index contributed by atoms with van der Waals surface area (Å²) in [5.74, 6) is -0.677. The van der Waals surface area contributed by atoms with Crippen LogP contribution in [0, 0.1) is 0 Å². The van der Waals surface area contributed by atoms with Gasteiger partial charge in [0.15, 0.2) is 11.5 Å². The quantitative estimate of drug-likeness (QED) is 0.485. The molecule has 9 nitrogen and oxygen atoms in total. The highest BCUT2D eigenvalue weighted by molar-refractivity contribution is 8.14. The number of rotatable bonds is 7. The third-order valence-corrected chi connectivity index (χ3v) is 6.18. The van der Waals surface area contributed by atoms with Crippen LogP contribution in [0.3, 0.4) is 0 Å². The summed E-state index contributed by atoms with van der Waals surface area (Å²) in [4.78, 5) is 35.9. The number of benzene rings is 2. The van der Waals surface area contributed by atoms with Gasteiger partial charge in [0, 0.05) is 11.3 Å². The average Bonchev–Trinajstić information content (AvgIpc) is 2.84. The Kier molecular flexibility index (Phi) is 7.94. The molecule has 1 N–H and O–H groups in total. The van der Waals surface area contributed by atoms with Gasteiger partial charge in [-0.05, 0) is 42.3 Å². The molecule has 1 heterocycles. The van der Waals surface area contributed by atoms with Crippen LogP contribution in [0.2, 0.25) is 0 Å². The number of nitrogens with zero attached hydrogens (tertiary/aromatic N) is 2. The molecule has 0 spiro atoms. The van der Waals surface area contributed by atoms with Crippen LogP contribution in [-0.2, 0) is 20.9 Å². The second kappa shape index (κ2) is 10.9. The Bertz CT molecular complexity index is 1090. The highest BCUT2D eigenvalue weighted by atomic mass is 32.2. The molecule has 1 aliphatic rings. The maximum atomic E-state index is 12.8. The molecule has 1 aliphatic heterocycles. The lowest BCUT2D eigenvalue weighted by Crippen LogP contribution is -2.34. The fourth-order valence-electron chi connectivity index (χ4n) is 3.28. The Hall–Kier alpha value is -3.53. The van der Waals surface area contributed by atoms with Crippen LogP contribution in [0.1, 0.15) is 24.5 Å². The number of carbonyl (C=O) groups is 3. The van der Waals surface area contributed by atoms with E-state index in [1.807, 2.05) is 31.2 Å². The minimum Gasteiger partial charge on any atom is -0.493 e. The van der Waals surface area contributed by atoms with Crippen LogP contribution < -0.4 is 14.8 Å². The van der Waals surface area contributed by atoms with Gasteiger partial charge in [-0.3, -0.25) is 9.59 Å². The molecule has 0 fully saturated rings. The summed E-state index contributed by atoms with van der Waals surface area (Å²) < 4.78 is 15.1. The number of amides is 2. The zero-order valence-electron chi connectivity index (χ0n) is 18.8. The van der Waals surface area contributed by atoms with Gasteiger partial charge in [0.05, 0.1) is 38.8 Å². The Morgan fingerprint density at radius 2 is 1.85 bits per heavy atom. The molecule has 1 unspecified atom stereocenters. The fraction of sp³-hybridized carbons (Fsp3) is 0.304. The standard InChI is InChI=1S/C23H25N3O6S/c1-5-19-20(15-9-10-17(30-2)18(12-15)31-3)25-26(23(29)33-19)13-14-7-6-8-16(11-14)24-21(27)22(28)32-4/h6-12,19H,5,13H2,1-4H3,(H,24,27). The number of anilines is 1. The number of esters is 1. The van der Waals surface area contributed by atoms with Gasteiger partial charge in [0.2, 0.25) is 0 Å². The smallest absolute Gasteiger partial charge is 0.396 e. The number of methoxy groups -OCH3 is 3. The summed E-state index contributed by atoms with van der Waals surface area (Å²) in [6.45, 7) is 2.20. The third-order valence-electron chi connectivity index (χ3n) is 4.93. The van der Waals surface area contributed by atoms with Gasteiger partial charge in [-0.15, -0.1) is 0 Å². The van der Waals surface area contributed by atoms with E-state index in [9.17, 15) is 14.4 Å². The van der Waals surface area contributed by atoms with Gasteiger partial charge < -0.3 is 19.5 Å². The molecular weight excluding hydrogens is 446 g/mol. The number of carbonyl (C=O) groups excluding carboxylic acids is 3. The van der Waals surface area contributed by atoms with Crippen molar-refractivity contribution in [1.29, 1.82) is 0 Å². The molecule has 3 rings (SSSR count). The molecule has 33 heavy (non-hydrogen) atoms. The van der Waals surface area contributed by atoms with Crippen molar-refractivity contribution in [1.82, 2.24) is 5.01 Å². The van der Waals surface area contributed by atoms with Gasteiger partial charge in [0.25, 0.3) is 0 Å². The number of thioether (sulfide) groups is 1. The summed E-state index contributed by atoms with van der Waals surface area (Å²) in [5, 5.41) is 8.26. The van der Waals surface area contributed by atoms with E-state index in [4.69, 9.17) is 9.47 Å². The number of hydrogen-bond acceptors (Lipinski definition) is 8. The first kappa shape index (κ1) is 24.1. The first-order valence-electron chi connectivity index (χ1n) is 10.2. The topological polar surface area (TPSA) is 107 Å². The number of hydrazone groups is 1. The molecule has 0 radical (unpaired) electrons. The molecule has 1 atom stereocenters. The van der Waals surface area contributed by atoms with Crippen molar-refractivity contribution in [2.45, 2.75) is 25.1 Å². The summed E-state index contributed by atoms with van der Waals surface area (Å²) >= 11 is 1.22. The lowest BCUT2D eigenvalue weighted by Gasteiger charge is -2.28. The molecule has 0 aliphatic carbocycles. The van der Waals surface area contributed by atoms with E-state index in [2.05, 4.69) is 15.2 Å². The molecule has 2 aromatic carbocycles. The highest BCUT2D eigenvalue weighted by Crippen LogP contribution is 2.33. The molecule has 0 saturated heterocycles. The van der Waals surface area contributed by atoms with E-state index in [0.29, 0.717) is 17.2 Å². The van der Waals surface area contributed by atoms with Gasteiger partial charge in [-0.25, -0.2) is 9.80 Å². The van der Waals surface area contributed by atoms with Crippen molar-refractivity contribution in [3.63, 3.8) is 0 Å². The fourth-order valence-corrected chi connectivity index (χ4v) is 4.22. The molecule has 0 saturated carbocycles. The molecule has 174 valence electrons. The average molecular weight is 472 g/mol. The predicted octanol–water partition coefficient (Wildman–Crippen LogP) is 3.67. The molecule has 0 aromatic heterocycles. The zero-order valence-corrected chi connectivity index (χ0v) is 19.6. The van der Waals surface area contributed by atoms with Crippen molar-refractivity contribution in [3.8, 4) is 11.5 Å². The summed E-state index contributed by atoms with van der Waals surface area (Å²) in [7, 11) is 4.27. The van der Waals surface area contributed by atoms with Crippen molar-refractivity contribution in [3.05, 3.63) is 53.6 Å². The highest BCUT2D eigenvalue weighted by Gasteiger charge is 2.30.